The van der Waals surface area contributed by atoms with Gasteiger partial charge in [-0.2, -0.15) is 0 Å². The number of rotatable bonds is 10. The first-order valence-electron chi connectivity index (χ1n) is 13.8. The number of aliphatic carboxylic acids is 1. The molecule has 8 heteroatoms. The van der Waals surface area contributed by atoms with Crippen LogP contribution < -0.4 is 5.32 Å². The fourth-order valence-corrected chi connectivity index (χ4v) is 5.85. The summed E-state index contributed by atoms with van der Waals surface area (Å²) in [6.07, 6.45) is 8.47. The van der Waals surface area contributed by atoms with Gasteiger partial charge in [0.25, 0.3) is 0 Å². The molecular weight excluding hydrogens is 473 g/mol. The lowest BCUT2D eigenvalue weighted by atomic mass is 9.92. The Morgan fingerprint density at radius 3 is 2.97 bits per heavy atom. The van der Waals surface area contributed by atoms with Crippen LogP contribution in [0.25, 0.3) is 0 Å². The average Bonchev–Trinajstić information content (AvgIpc) is 3.37. The van der Waals surface area contributed by atoms with Gasteiger partial charge in [-0.1, -0.05) is 6.07 Å². The number of anilines is 1. The van der Waals surface area contributed by atoms with Crippen molar-refractivity contribution in [3.63, 3.8) is 0 Å². The van der Waals surface area contributed by atoms with E-state index in [4.69, 9.17) is 14.5 Å². The van der Waals surface area contributed by atoms with E-state index in [1.165, 1.54) is 23.5 Å². The van der Waals surface area contributed by atoms with Crippen LogP contribution in [0.15, 0.2) is 30.3 Å². The number of halogens is 1. The molecular formula is C29H38FN3O4. The van der Waals surface area contributed by atoms with Gasteiger partial charge in [0.05, 0.1) is 23.6 Å². The van der Waals surface area contributed by atoms with E-state index in [0.717, 1.165) is 75.6 Å². The van der Waals surface area contributed by atoms with Gasteiger partial charge in [0, 0.05) is 38.5 Å². The molecule has 2 saturated heterocycles. The summed E-state index contributed by atoms with van der Waals surface area (Å²) in [5.74, 6) is -1.38. The molecule has 3 atom stereocenters. The number of carbonyl (C=O) groups is 1. The van der Waals surface area contributed by atoms with Gasteiger partial charge >= 0.3 is 5.97 Å². The summed E-state index contributed by atoms with van der Waals surface area (Å²) in [4.78, 5) is 19.1. The second-order valence-corrected chi connectivity index (χ2v) is 10.4. The molecule has 0 saturated carbocycles. The van der Waals surface area contributed by atoms with Crippen LogP contribution in [0.3, 0.4) is 0 Å². The number of nitrogens with one attached hydrogen (secondary N) is 1. The van der Waals surface area contributed by atoms with Crippen LogP contribution in [0.1, 0.15) is 79.6 Å². The van der Waals surface area contributed by atoms with Crippen molar-refractivity contribution in [1.29, 1.82) is 0 Å². The fraction of sp³-hybridized carbons (Fsp3) is 0.586. The molecule has 1 aromatic carbocycles. The van der Waals surface area contributed by atoms with E-state index in [1.54, 1.807) is 6.07 Å². The Morgan fingerprint density at radius 1 is 1.22 bits per heavy atom. The normalized spacial score (nSPS) is 22.8. The smallest absolute Gasteiger partial charge is 0.325 e. The highest BCUT2D eigenvalue weighted by Crippen LogP contribution is 2.36. The van der Waals surface area contributed by atoms with Crippen molar-refractivity contribution >= 4 is 11.7 Å². The summed E-state index contributed by atoms with van der Waals surface area (Å²) in [5.41, 5.74) is 4.78. The van der Waals surface area contributed by atoms with Gasteiger partial charge in [-0.05, 0) is 93.2 Å². The van der Waals surface area contributed by atoms with Crippen molar-refractivity contribution in [3.05, 3.63) is 58.7 Å². The zero-order valence-electron chi connectivity index (χ0n) is 21.5. The number of ether oxygens (including phenoxy) is 2. The minimum atomic E-state index is -0.962. The standard InChI is InChI=1S/C29H38FN3O4/c30-20-9-11-23(27-8-2-4-17-37-27)24(18-20)28(29(34)35)33-15-13-22(19-33)36-16-3-1-6-21-10-12-25-26(32-21)7-5-14-31-25/h9-12,18,22,27-28,31H,1-8,13-17,19H2,(H,34,35)/t22-,27+,28+/m1/s1. The average molecular weight is 512 g/mol. The van der Waals surface area contributed by atoms with Gasteiger partial charge in [-0.3, -0.25) is 14.7 Å². The van der Waals surface area contributed by atoms with Crippen molar-refractivity contribution in [2.24, 2.45) is 0 Å². The number of hydrogen-bond acceptors (Lipinski definition) is 6. The van der Waals surface area contributed by atoms with E-state index in [2.05, 4.69) is 17.4 Å². The van der Waals surface area contributed by atoms with Crippen LogP contribution >= 0.6 is 0 Å². The Bertz CT molecular complexity index is 1080. The summed E-state index contributed by atoms with van der Waals surface area (Å²) in [5, 5.41) is 13.6. The Labute approximate surface area is 218 Å². The largest absolute Gasteiger partial charge is 0.480 e. The van der Waals surface area contributed by atoms with Crippen LogP contribution in [0.4, 0.5) is 10.1 Å². The maximum atomic E-state index is 14.3. The summed E-state index contributed by atoms with van der Waals surface area (Å²) < 4.78 is 26.3. The lowest BCUT2D eigenvalue weighted by Gasteiger charge is -2.30. The quantitative estimate of drug-likeness (QED) is 0.432. The molecule has 1 aromatic heterocycles. The summed E-state index contributed by atoms with van der Waals surface area (Å²) >= 11 is 0. The van der Waals surface area contributed by atoms with Crippen molar-refractivity contribution in [1.82, 2.24) is 9.88 Å². The zero-order chi connectivity index (χ0) is 25.6. The van der Waals surface area contributed by atoms with Gasteiger partial charge in [0.1, 0.15) is 11.9 Å². The SMILES string of the molecule is O=C(O)[C@H](c1cc(F)ccc1[C@@H]1CCCCO1)N1CC[C@@H](OCCCCc2ccc3c(n2)CCCN3)C1. The molecule has 3 aliphatic rings. The molecule has 0 spiro atoms. The van der Waals surface area contributed by atoms with E-state index >= 15 is 0 Å². The number of likely N-dealkylation sites (tertiary alicyclic amines) is 1. The number of carboxylic acid groups (broad SMARTS) is 1. The molecule has 0 bridgehead atoms. The Balaban J connectivity index is 1.13. The molecule has 0 unspecified atom stereocenters. The fourth-order valence-electron chi connectivity index (χ4n) is 5.85. The lowest BCUT2D eigenvalue weighted by Crippen LogP contribution is -2.34. The number of pyridine rings is 1. The van der Waals surface area contributed by atoms with Crippen molar-refractivity contribution in [2.75, 3.05) is 38.2 Å². The number of fused-ring (bicyclic) bond motifs is 1. The van der Waals surface area contributed by atoms with E-state index < -0.39 is 17.8 Å². The third kappa shape index (κ3) is 6.48. The molecule has 2 aromatic rings. The predicted molar refractivity (Wildman–Crippen MR) is 139 cm³/mol. The maximum Gasteiger partial charge on any atom is 0.325 e. The first kappa shape index (κ1) is 26.1. The van der Waals surface area contributed by atoms with Gasteiger partial charge in [0.2, 0.25) is 0 Å². The van der Waals surface area contributed by atoms with E-state index in [1.807, 2.05) is 4.90 Å². The Kier molecular flexibility index (Phi) is 8.69. The first-order chi connectivity index (χ1) is 18.1. The highest BCUT2D eigenvalue weighted by molar-refractivity contribution is 5.76. The van der Waals surface area contributed by atoms with Crippen LogP contribution in [0, 0.1) is 5.82 Å². The summed E-state index contributed by atoms with van der Waals surface area (Å²) in [6.45, 7) is 3.45. The lowest BCUT2D eigenvalue weighted by molar-refractivity contribution is -0.143. The molecule has 0 aliphatic carbocycles. The number of benzene rings is 1. The van der Waals surface area contributed by atoms with Gasteiger partial charge in [-0.15, -0.1) is 0 Å². The Morgan fingerprint density at radius 2 is 2.14 bits per heavy atom. The van der Waals surface area contributed by atoms with Crippen molar-refractivity contribution in [3.8, 4) is 0 Å². The number of nitrogens with zero attached hydrogens (tertiary/aromatic N) is 2. The molecule has 3 aliphatic heterocycles. The second kappa shape index (κ2) is 12.3. The summed E-state index contributed by atoms with van der Waals surface area (Å²) in [7, 11) is 0. The molecule has 7 nitrogen and oxygen atoms in total. The van der Waals surface area contributed by atoms with E-state index in [-0.39, 0.29) is 12.2 Å². The molecule has 200 valence electrons. The predicted octanol–water partition coefficient (Wildman–Crippen LogP) is 5.06. The van der Waals surface area contributed by atoms with Crippen molar-refractivity contribution in [2.45, 2.75) is 76.0 Å². The van der Waals surface area contributed by atoms with Gasteiger partial charge < -0.3 is 19.9 Å². The number of aryl methyl sites for hydroxylation is 2. The number of unbranched alkanes of at least 4 members (excludes halogenated alkanes) is 1. The molecule has 4 heterocycles. The topological polar surface area (TPSA) is 83.9 Å². The van der Waals surface area contributed by atoms with Gasteiger partial charge in [-0.25, -0.2) is 4.39 Å². The van der Waals surface area contributed by atoms with E-state index in [0.29, 0.717) is 31.9 Å². The van der Waals surface area contributed by atoms with Crippen LogP contribution in [-0.2, 0) is 27.1 Å². The molecule has 2 fully saturated rings. The Hall–Kier alpha value is -2.55. The van der Waals surface area contributed by atoms with Gasteiger partial charge in [0.15, 0.2) is 0 Å². The zero-order valence-corrected chi connectivity index (χ0v) is 21.5. The molecule has 0 amide bonds. The minimum absolute atomic E-state index is 0.0160. The molecule has 0 radical (unpaired) electrons. The third-order valence-corrected chi connectivity index (χ3v) is 7.76. The van der Waals surface area contributed by atoms with Crippen LogP contribution in [-0.4, -0.2) is 59.9 Å². The summed E-state index contributed by atoms with van der Waals surface area (Å²) in [6, 6.07) is 7.83. The van der Waals surface area contributed by atoms with Crippen LogP contribution in [0.2, 0.25) is 0 Å². The highest BCUT2D eigenvalue weighted by Gasteiger charge is 2.36. The molecule has 5 rings (SSSR count). The molecule has 37 heavy (non-hydrogen) atoms. The second-order valence-electron chi connectivity index (χ2n) is 10.4. The number of aromatic nitrogens is 1. The third-order valence-electron chi connectivity index (χ3n) is 7.76. The van der Waals surface area contributed by atoms with Crippen molar-refractivity contribution < 1.29 is 23.8 Å². The number of carboxylic acids is 1. The maximum absolute atomic E-state index is 14.3. The minimum Gasteiger partial charge on any atom is -0.480 e. The van der Waals surface area contributed by atoms with E-state index in [9.17, 15) is 14.3 Å². The monoisotopic (exact) mass is 511 g/mol. The number of hydrogen-bond donors (Lipinski definition) is 2. The molecule has 2 N–H and O–H groups in total. The van der Waals surface area contributed by atoms with Crippen LogP contribution in [0.5, 0.6) is 0 Å². The highest BCUT2D eigenvalue weighted by atomic mass is 19.1. The first-order valence-corrected chi connectivity index (χ1v) is 13.8.